The van der Waals surface area contributed by atoms with Gasteiger partial charge in [0.05, 0.1) is 4.88 Å². The molecular formula is C11H17N3OS. The van der Waals surface area contributed by atoms with Crippen molar-refractivity contribution < 1.29 is 4.79 Å². The molecule has 0 radical (unpaired) electrons. The Kier molecular flexibility index (Phi) is 3.93. The second-order valence-electron chi connectivity index (χ2n) is 3.90. The van der Waals surface area contributed by atoms with Crippen LogP contribution in [0.2, 0.25) is 0 Å². The topological polar surface area (TPSA) is 49.6 Å². The maximum absolute atomic E-state index is 12.0. The fourth-order valence-corrected chi connectivity index (χ4v) is 2.60. The summed E-state index contributed by atoms with van der Waals surface area (Å²) in [6.07, 6.45) is 0. The van der Waals surface area contributed by atoms with Gasteiger partial charge in [0.1, 0.15) is 0 Å². The molecule has 88 valence electrons. The van der Waals surface area contributed by atoms with Gasteiger partial charge in [0.25, 0.3) is 5.91 Å². The standard InChI is InChI=1S/C11H17N3OS/c12-3-4-13-5-7-14(8-6-13)11(15)10-2-1-9-16-10/h1-2,9H,3-8,12H2. The van der Waals surface area contributed by atoms with Gasteiger partial charge in [-0.2, -0.15) is 0 Å². The summed E-state index contributed by atoms with van der Waals surface area (Å²) in [6.45, 7) is 5.13. The molecule has 1 aliphatic heterocycles. The summed E-state index contributed by atoms with van der Waals surface area (Å²) in [6, 6.07) is 3.81. The maximum atomic E-state index is 12.0. The van der Waals surface area contributed by atoms with Gasteiger partial charge in [-0.1, -0.05) is 6.07 Å². The maximum Gasteiger partial charge on any atom is 0.264 e. The lowest BCUT2D eigenvalue weighted by atomic mass is 10.3. The fraction of sp³-hybridized carbons (Fsp3) is 0.545. The average molecular weight is 239 g/mol. The number of hydrogen-bond acceptors (Lipinski definition) is 4. The Labute approximate surface area is 99.6 Å². The van der Waals surface area contributed by atoms with Crippen LogP contribution in [0.15, 0.2) is 17.5 Å². The molecule has 2 rings (SSSR count). The van der Waals surface area contributed by atoms with Crippen LogP contribution in [0.25, 0.3) is 0 Å². The fourth-order valence-electron chi connectivity index (χ4n) is 1.91. The van der Waals surface area contributed by atoms with E-state index in [0.29, 0.717) is 6.54 Å². The Morgan fingerprint density at radius 1 is 1.38 bits per heavy atom. The molecule has 1 aromatic rings. The van der Waals surface area contributed by atoms with Crippen molar-refractivity contribution in [2.24, 2.45) is 5.73 Å². The molecule has 5 heteroatoms. The van der Waals surface area contributed by atoms with Crippen molar-refractivity contribution in [3.8, 4) is 0 Å². The van der Waals surface area contributed by atoms with Gasteiger partial charge in [0, 0.05) is 39.3 Å². The lowest BCUT2D eigenvalue weighted by Gasteiger charge is -2.34. The summed E-state index contributed by atoms with van der Waals surface area (Å²) in [7, 11) is 0. The highest BCUT2D eigenvalue weighted by atomic mass is 32.1. The summed E-state index contributed by atoms with van der Waals surface area (Å²) in [5.41, 5.74) is 5.51. The van der Waals surface area contributed by atoms with Crippen LogP contribution >= 0.6 is 11.3 Å². The van der Waals surface area contributed by atoms with E-state index in [1.807, 2.05) is 22.4 Å². The van der Waals surface area contributed by atoms with Gasteiger partial charge in [0.2, 0.25) is 0 Å². The van der Waals surface area contributed by atoms with Crippen molar-refractivity contribution in [3.63, 3.8) is 0 Å². The van der Waals surface area contributed by atoms with E-state index < -0.39 is 0 Å². The van der Waals surface area contributed by atoms with E-state index in [1.54, 1.807) is 0 Å². The minimum absolute atomic E-state index is 0.169. The molecule has 16 heavy (non-hydrogen) atoms. The quantitative estimate of drug-likeness (QED) is 0.834. The first-order valence-corrected chi connectivity index (χ1v) is 6.44. The number of amides is 1. The first kappa shape index (κ1) is 11.6. The van der Waals surface area contributed by atoms with Crippen molar-refractivity contribution in [1.29, 1.82) is 0 Å². The molecule has 1 saturated heterocycles. The number of carbonyl (C=O) groups is 1. The van der Waals surface area contributed by atoms with Crippen molar-refractivity contribution in [3.05, 3.63) is 22.4 Å². The summed E-state index contributed by atoms with van der Waals surface area (Å²) >= 11 is 1.51. The molecule has 0 aliphatic carbocycles. The lowest BCUT2D eigenvalue weighted by molar-refractivity contribution is 0.0646. The predicted octanol–water partition coefficient (Wildman–Crippen LogP) is 0.465. The third-order valence-corrected chi connectivity index (χ3v) is 3.69. The van der Waals surface area contributed by atoms with Gasteiger partial charge >= 0.3 is 0 Å². The van der Waals surface area contributed by atoms with E-state index in [2.05, 4.69) is 4.90 Å². The zero-order valence-electron chi connectivity index (χ0n) is 9.26. The number of hydrogen-bond donors (Lipinski definition) is 1. The van der Waals surface area contributed by atoms with Crippen molar-refractivity contribution in [2.45, 2.75) is 0 Å². The van der Waals surface area contributed by atoms with Crippen LogP contribution in [0.3, 0.4) is 0 Å². The lowest BCUT2D eigenvalue weighted by Crippen LogP contribution is -2.49. The number of nitrogens with zero attached hydrogens (tertiary/aromatic N) is 2. The smallest absolute Gasteiger partial charge is 0.264 e. The van der Waals surface area contributed by atoms with E-state index in [-0.39, 0.29) is 5.91 Å². The molecule has 1 amide bonds. The largest absolute Gasteiger partial charge is 0.335 e. The van der Waals surface area contributed by atoms with Crippen LogP contribution in [-0.2, 0) is 0 Å². The summed E-state index contributed by atoms with van der Waals surface area (Å²) in [5, 5.41) is 1.94. The van der Waals surface area contributed by atoms with Crippen molar-refractivity contribution >= 4 is 17.2 Å². The third kappa shape index (κ3) is 2.61. The summed E-state index contributed by atoms with van der Waals surface area (Å²) in [4.78, 5) is 17.1. The number of carbonyl (C=O) groups excluding carboxylic acids is 1. The Hall–Kier alpha value is -0.910. The van der Waals surface area contributed by atoms with Crippen LogP contribution in [0.1, 0.15) is 9.67 Å². The Morgan fingerprint density at radius 3 is 2.69 bits per heavy atom. The monoisotopic (exact) mass is 239 g/mol. The first-order valence-electron chi connectivity index (χ1n) is 5.56. The van der Waals surface area contributed by atoms with Crippen molar-refractivity contribution in [1.82, 2.24) is 9.80 Å². The number of rotatable bonds is 3. The van der Waals surface area contributed by atoms with E-state index in [0.717, 1.165) is 37.6 Å². The zero-order chi connectivity index (χ0) is 11.4. The Bertz CT molecular complexity index is 331. The van der Waals surface area contributed by atoms with Crippen LogP contribution in [0.4, 0.5) is 0 Å². The number of piperazine rings is 1. The molecule has 0 aromatic carbocycles. The van der Waals surface area contributed by atoms with Gasteiger partial charge in [-0.05, 0) is 11.4 Å². The van der Waals surface area contributed by atoms with Crippen molar-refractivity contribution in [2.75, 3.05) is 39.3 Å². The normalized spacial score (nSPS) is 17.7. The molecule has 1 aromatic heterocycles. The Morgan fingerprint density at radius 2 is 2.12 bits per heavy atom. The molecule has 0 bridgehead atoms. The van der Waals surface area contributed by atoms with Gasteiger partial charge in [-0.15, -0.1) is 11.3 Å². The molecule has 0 atom stereocenters. The van der Waals surface area contributed by atoms with E-state index in [4.69, 9.17) is 5.73 Å². The van der Waals surface area contributed by atoms with Gasteiger partial charge < -0.3 is 10.6 Å². The SMILES string of the molecule is NCCN1CCN(C(=O)c2cccs2)CC1. The van der Waals surface area contributed by atoms with Crippen LogP contribution in [0, 0.1) is 0 Å². The zero-order valence-corrected chi connectivity index (χ0v) is 10.1. The molecular weight excluding hydrogens is 222 g/mol. The molecule has 0 saturated carbocycles. The van der Waals surface area contributed by atoms with E-state index >= 15 is 0 Å². The summed E-state index contributed by atoms with van der Waals surface area (Å²) in [5.74, 6) is 0.169. The second kappa shape index (κ2) is 5.43. The second-order valence-corrected chi connectivity index (χ2v) is 4.85. The molecule has 1 fully saturated rings. The minimum atomic E-state index is 0.169. The Balaban J connectivity index is 1.87. The molecule has 2 heterocycles. The number of nitrogens with two attached hydrogens (primary N) is 1. The highest BCUT2D eigenvalue weighted by molar-refractivity contribution is 7.12. The van der Waals surface area contributed by atoms with Gasteiger partial charge in [-0.3, -0.25) is 9.69 Å². The molecule has 0 spiro atoms. The third-order valence-electron chi connectivity index (χ3n) is 2.84. The first-order chi connectivity index (χ1) is 7.81. The highest BCUT2D eigenvalue weighted by Gasteiger charge is 2.21. The number of thiophene rings is 1. The molecule has 4 nitrogen and oxygen atoms in total. The predicted molar refractivity (Wildman–Crippen MR) is 65.7 cm³/mol. The molecule has 0 unspecified atom stereocenters. The van der Waals surface area contributed by atoms with Crippen LogP contribution < -0.4 is 5.73 Å². The molecule has 2 N–H and O–H groups in total. The molecule has 1 aliphatic rings. The average Bonchev–Trinajstić information content (AvgIpc) is 2.83. The van der Waals surface area contributed by atoms with Crippen LogP contribution in [0.5, 0.6) is 0 Å². The van der Waals surface area contributed by atoms with Crippen LogP contribution in [-0.4, -0.2) is 55.0 Å². The van der Waals surface area contributed by atoms with Gasteiger partial charge in [-0.25, -0.2) is 0 Å². The van der Waals surface area contributed by atoms with E-state index in [9.17, 15) is 4.79 Å². The highest BCUT2D eigenvalue weighted by Crippen LogP contribution is 2.13. The summed E-state index contributed by atoms with van der Waals surface area (Å²) < 4.78 is 0. The minimum Gasteiger partial charge on any atom is -0.335 e. The van der Waals surface area contributed by atoms with E-state index in [1.165, 1.54) is 11.3 Å². The van der Waals surface area contributed by atoms with Gasteiger partial charge in [0.15, 0.2) is 0 Å².